The third kappa shape index (κ3) is 3.00. The highest BCUT2D eigenvalue weighted by Crippen LogP contribution is 2.14. The van der Waals surface area contributed by atoms with E-state index in [4.69, 9.17) is 0 Å². The van der Waals surface area contributed by atoms with E-state index in [1.807, 2.05) is 18.3 Å². The largest absolute Gasteiger partial charge is 0.364 e. The van der Waals surface area contributed by atoms with Crippen LogP contribution in [0.4, 0.5) is 5.82 Å². The SMILES string of the molecule is Cc1cnc(CNc2ccc(Br)cn2)s1. The van der Waals surface area contributed by atoms with Crippen LogP contribution in [-0.2, 0) is 6.54 Å². The Balaban J connectivity index is 1.96. The van der Waals surface area contributed by atoms with Crippen molar-refractivity contribution in [2.75, 3.05) is 5.32 Å². The Morgan fingerprint density at radius 3 is 2.80 bits per heavy atom. The van der Waals surface area contributed by atoms with Gasteiger partial charge >= 0.3 is 0 Å². The Labute approximate surface area is 101 Å². The lowest BCUT2D eigenvalue weighted by atomic mass is 10.4. The number of nitrogens with zero attached hydrogens (tertiary/aromatic N) is 2. The first-order valence-electron chi connectivity index (χ1n) is 4.51. The Bertz CT molecular complexity index is 438. The van der Waals surface area contributed by atoms with Crippen LogP contribution in [-0.4, -0.2) is 9.97 Å². The van der Waals surface area contributed by atoms with Crippen LogP contribution in [0.15, 0.2) is 29.0 Å². The van der Waals surface area contributed by atoms with E-state index in [1.165, 1.54) is 4.88 Å². The fraction of sp³-hybridized carbons (Fsp3) is 0.200. The van der Waals surface area contributed by atoms with E-state index in [9.17, 15) is 0 Å². The highest BCUT2D eigenvalue weighted by molar-refractivity contribution is 9.10. The normalized spacial score (nSPS) is 10.3. The van der Waals surface area contributed by atoms with Crippen molar-refractivity contribution in [3.8, 4) is 0 Å². The van der Waals surface area contributed by atoms with Crippen molar-refractivity contribution in [3.05, 3.63) is 38.9 Å². The van der Waals surface area contributed by atoms with Gasteiger partial charge in [0.2, 0.25) is 0 Å². The molecule has 2 aromatic rings. The van der Waals surface area contributed by atoms with Crippen molar-refractivity contribution in [2.45, 2.75) is 13.5 Å². The summed E-state index contributed by atoms with van der Waals surface area (Å²) in [6.45, 7) is 2.78. The number of thiazole rings is 1. The molecule has 0 radical (unpaired) electrons. The van der Waals surface area contributed by atoms with Gasteiger partial charge in [-0.25, -0.2) is 9.97 Å². The molecule has 0 aromatic carbocycles. The van der Waals surface area contributed by atoms with Crippen molar-refractivity contribution in [2.24, 2.45) is 0 Å². The van der Waals surface area contributed by atoms with Gasteiger partial charge in [-0.05, 0) is 35.0 Å². The van der Waals surface area contributed by atoms with Crippen molar-refractivity contribution >= 4 is 33.1 Å². The lowest BCUT2D eigenvalue weighted by molar-refractivity contribution is 1.08. The molecule has 0 atom stereocenters. The molecule has 0 unspecified atom stereocenters. The number of halogens is 1. The van der Waals surface area contributed by atoms with Crippen LogP contribution in [0.1, 0.15) is 9.88 Å². The van der Waals surface area contributed by atoms with E-state index in [0.717, 1.165) is 21.8 Å². The first-order chi connectivity index (χ1) is 7.24. The Morgan fingerprint density at radius 2 is 2.20 bits per heavy atom. The molecule has 0 aliphatic carbocycles. The summed E-state index contributed by atoms with van der Waals surface area (Å²) in [7, 11) is 0. The fourth-order valence-electron chi connectivity index (χ4n) is 1.13. The number of nitrogens with one attached hydrogen (secondary N) is 1. The Kier molecular flexibility index (Phi) is 3.33. The molecule has 0 spiro atoms. The average Bonchev–Trinajstić information content (AvgIpc) is 2.64. The molecule has 0 fully saturated rings. The molecule has 2 heterocycles. The minimum atomic E-state index is 0.729. The van der Waals surface area contributed by atoms with Gasteiger partial charge in [0.15, 0.2) is 0 Å². The maximum atomic E-state index is 4.27. The summed E-state index contributed by atoms with van der Waals surface area (Å²) in [5.41, 5.74) is 0. The molecule has 5 heteroatoms. The molecule has 15 heavy (non-hydrogen) atoms. The lowest BCUT2D eigenvalue weighted by Crippen LogP contribution is -2.00. The lowest BCUT2D eigenvalue weighted by Gasteiger charge is -2.02. The highest BCUT2D eigenvalue weighted by atomic mass is 79.9. The van der Waals surface area contributed by atoms with Crippen LogP contribution >= 0.6 is 27.3 Å². The second kappa shape index (κ2) is 4.72. The number of aryl methyl sites for hydroxylation is 1. The molecule has 0 bridgehead atoms. The van der Waals surface area contributed by atoms with Crippen LogP contribution in [0.25, 0.3) is 0 Å². The van der Waals surface area contributed by atoms with Gasteiger partial charge in [0, 0.05) is 21.7 Å². The summed E-state index contributed by atoms with van der Waals surface area (Å²) in [4.78, 5) is 9.72. The predicted octanol–water partition coefficient (Wildman–Crippen LogP) is 3.22. The van der Waals surface area contributed by atoms with Gasteiger partial charge in [-0.1, -0.05) is 0 Å². The van der Waals surface area contributed by atoms with E-state index in [0.29, 0.717) is 0 Å². The molecule has 0 aliphatic rings. The molecule has 0 saturated heterocycles. The number of anilines is 1. The average molecular weight is 284 g/mol. The van der Waals surface area contributed by atoms with E-state index >= 15 is 0 Å². The van der Waals surface area contributed by atoms with Gasteiger partial charge in [0.05, 0.1) is 6.54 Å². The second-order valence-electron chi connectivity index (χ2n) is 3.08. The van der Waals surface area contributed by atoms with Gasteiger partial charge in [-0.2, -0.15) is 0 Å². The molecular weight excluding hydrogens is 274 g/mol. The minimum Gasteiger partial charge on any atom is -0.364 e. The number of pyridine rings is 1. The predicted molar refractivity (Wildman–Crippen MR) is 66.1 cm³/mol. The van der Waals surface area contributed by atoms with Crippen molar-refractivity contribution in [3.63, 3.8) is 0 Å². The monoisotopic (exact) mass is 283 g/mol. The molecule has 0 saturated carbocycles. The minimum absolute atomic E-state index is 0.729. The zero-order valence-electron chi connectivity index (χ0n) is 8.20. The second-order valence-corrected chi connectivity index (χ2v) is 5.31. The van der Waals surface area contributed by atoms with Gasteiger partial charge in [-0.3, -0.25) is 0 Å². The Morgan fingerprint density at radius 1 is 1.33 bits per heavy atom. The van der Waals surface area contributed by atoms with Crippen LogP contribution in [0, 0.1) is 6.92 Å². The van der Waals surface area contributed by atoms with Crippen molar-refractivity contribution in [1.82, 2.24) is 9.97 Å². The summed E-state index contributed by atoms with van der Waals surface area (Å²) in [6, 6.07) is 3.90. The molecule has 2 aromatic heterocycles. The standard InChI is InChI=1S/C10H10BrN3S/c1-7-4-14-10(15-7)6-13-9-3-2-8(11)5-12-9/h2-5H,6H2,1H3,(H,12,13). The zero-order chi connectivity index (χ0) is 10.7. The number of rotatable bonds is 3. The number of aromatic nitrogens is 2. The van der Waals surface area contributed by atoms with Crippen LogP contribution in [0.5, 0.6) is 0 Å². The molecular formula is C10H10BrN3S. The maximum absolute atomic E-state index is 4.27. The molecule has 3 nitrogen and oxygen atoms in total. The van der Waals surface area contributed by atoms with E-state index in [1.54, 1.807) is 17.5 Å². The summed E-state index contributed by atoms with van der Waals surface area (Å²) in [5.74, 6) is 0.867. The summed E-state index contributed by atoms with van der Waals surface area (Å²) in [6.07, 6.45) is 3.66. The quantitative estimate of drug-likeness (QED) is 0.940. The first kappa shape index (κ1) is 10.6. The first-order valence-corrected chi connectivity index (χ1v) is 6.12. The summed E-state index contributed by atoms with van der Waals surface area (Å²) >= 11 is 5.04. The van der Waals surface area contributed by atoms with E-state index in [-0.39, 0.29) is 0 Å². The van der Waals surface area contributed by atoms with Crippen molar-refractivity contribution in [1.29, 1.82) is 0 Å². The number of hydrogen-bond acceptors (Lipinski definition) is 4. The van der Waals surface area contributed by atoms with Crippen LogP contribution in [0.2, 0.25) is 0 Å². The van der Waals surface area contributed by atoms with Gasteiger partial charge < -0.3 is 5.32 Å². The maximum Gasteiger partial charge on any atom is 0.126 e. The Hall–Kier alpha value is -0.940. The molecule has 78 valence electrons. The highest BCUT2D eigenvalue weighted by Gasteiger charge is 1.99. The fourth-order valence-corrected chi connectivity index (χ4v) is 2.09. The summed E-state index contributed by atoms with van der Waals surface area (Å²) in [5, 5.41) is 4.30. The van der Waals surface area contributed by atoms with Gasteiger partial charge in [0.25, 0.3) is 0 Å². The number of hydrogen-bond donors (Lipinski definition) is 1. The zero-order valence-corrected chi connectivity index (χ0v) is 10.6. The van der Waals surface area contributed by atoms with Gasteiger partial charge in [-0.15, -0.1) is 11.3 Å². The third-order valence-electron chi connectivity index (χ3n) is 1.82. The molecule has 2 rings (SSSR count). The molecule has 0 amide bonds. The van der Waals surface area contributed by atoms with Gasteiger partial charge in [0.1, 0.15) is 10.8 Å². The smallest absolute Gasteiger partial charge is 0.126 e. The van der Waals surface area contributed by atoms with Crippen LogP contribution < -0.4 is 5.32 Å². The van der Waals surface area contributed by atoms with Crippen molar-refractivity contribution < 1.29 is 0 Å². The molecule has 1 N–H and O–H groups in total. The summed E-state index contributed by atoms with van der Waals surface area (Å²) < 4.78 is 0.984. The molecule has 0 aliphatic heterocycles. The van der Waals surface area contributed by atoms with E-state index in [2.05, 4.69) is 38.1 Å². The van der Waals surface area contributed by atoms with E-state index < -0.39 is 0 Å². The van der Waals surface area contributed by atoms with Crippen LogP contribution in [0.3, 0.4) is 0 Å². The third-order valence-corrected chi connectivity index (χ3v) is 3.20. The topological polar surface area (TPSA) is 37.8 Å².